The number of aliphatic carboxylic acids is 2. The highest BCUT2D eigenvalue weighted by molar-refractivity contribution is 5.97. The van der Waals surface area contributed by atoms with E-state index in [0.29, 0.717) is 23.4 Å². The first-order chi connectivity index (χ1) is 16.0. The van der Waals surface area contributed by atoms with E-state index in [9.17, 15) is 24.6 Å². The molecule has 2 atom stereocenters. The van der Waals surface area contributed by atoms with Crippen molar-refractivity contribution in [2.24, 2.45) is 0 Å². The Hall–Kier alpha value is -4.59. The molecule has 2 aromatic heterocycles. The minimum Gasteiger partial charge on any atom is -0.481 e. The second-order valence-corrected chi connectivity index (χ2v) is 7.36. The molecule has 34 heavy (non-hydrogen) atoms. The maximum atomic E-state index is 12.4. The first kappa shape index (κ1) is 24.1. The first-order valence-corrected chi connectivity index (χ1v) is 9.84. The number of carboxylic acids is 2. The first-order valence-electron chi connectivity index (χ1n) is 9.84. The van der Waals surface area contributed by atoms with Gasteiger partial charge in [-0.15, -0.1) is 0 Å². The normalized spacial score (nSPS) is 12.6. The third kappa shape index (κ3) is 5.60. The number of carboxylic acid groups (broad SMARTS) is 2. The fourth-order valence-electron chi connectivity index (χ4n) is 3.10. The Morgan fingerprint density at radius 2 is 1.76 bits per heavy atom. The van der Waals surface area contributed by atoms with Crippen LogP contribution < -0.4 is 21.7 Å². The van der Waals surface area contributed by atoms with Gasteiger partial charge in [0.15, 0.2) is 23.0 Å². The number of aliphatic hydroxyl groups excluding tert-OH is 1. The topological polar surface area (TPSA) is 231 Å². The predicted molar refractivity (Wildman–Crippen MR) is 120 cm³/mol. The van der Waals surface area contributed by atoms with Gasteiger partial charge >= 0.3 is 11.9 Å². The summed E-state index contributed by atoms with van der Waals surface area (Å²) in [5.41, 5.74) is 13.4. The summed E-state index contributed by atoms with van der Waals surface area (Å²) in [6.45, 7) is 0.334. The zero-order chi connectivity index (χ0) is 25.0. The Labute approximate surface area is 192 Å². The van der Waals surface area contributed by atoms with E-state index in [-0.39, 0.29) is 23.0 Å². The summed E-state index contributed by atoms with van der Waals surface area (Å²) in [6.07, 6.45) is -1.09. The van der Waals surface area contributed by atoms with Crippen LogP contribution in [-0.2, 0) is 16.1 Å². The number of amides is 1. The lowest BCUT2D eigenvalue weighted by atomic mass is 10.1. The summed E-state index contributed by atoms with van der Waals surface area (Å²) < 4.78 is 0. The lowest BCUT2D eigenvalue weighted by Gasteiger charge is -2.20. The fraction of sp³-hybridized carbons (Fsp3) is 0.250. The summed E-state index contributed by atoms with van der Waals surface area (Å²) in [6, 6.07) is 4.41. The van der Waals surface area contributed by atoms with E-state index in [0.717, 1.165) is 0 Å². The highest BCUT2D eigenvalue weighted by atomic mass is 16.4. The van der Waals surface area contributed by atoms with Gasteiger partial charge in [-0.25, -0.2) is 14.8 Å². The van der Waals surface area contributed by atoms with Gasteiger partial charge in [0.2, 0.25) is 5.95 Å². The Morgan fingerprint density at radius 1 is 1.09 bits per heavy atom. The van der Waals surface area contributed by atoms with E-state index >= 15 is 0 Å². The molecule has 0 aliphatic carbocycles. The molecule has 1 aromatic carbocycles. The van der Waals surface area contributed by atoms with Gasteiger partial charge in [0.05, 0.1) is 31.0 Å². The third-order valence-corrected chi connectivity index (χ3v) is 4.79. The highest BCUT2D eigenvalue weighted by Gasteiger charge is 2.30. The van der Waals surface area contributed by atoms with Crippen molar-refractivity contribution in [3.8, 4) is 0 Å². The van der Waals surface area contributed by atoms with Gasteiger partial charge in [0.25, 0.3) is 5.91 Å². The molecule has 178 valence electrons. The molecule has 14 nitrogen and oxygen atoms in total. The molecule has 1 unspecified atom stereocenters. The molecule has 0 saturated carbocycles. The molecule has 0 radical (unpaired) electrons. The van der Waals surface area contributed by atoms with E-state index in [1.165, 1.54) is 18.3 Å². The molecule has 0 aliphatic heterocycles. The van der Waals surface area contributed by atoms with Crippen molar-refractivity contribution in [1.29, 1.82) is 0 Å². The van der Waals surface area contributed by atoms with Crippen LogP contribution in [0.1, 0.15) is 22.5 Å². The van der Waals surface area contributed by atoms with Gasteiger partial charge in [0.1, 0.15) is 0 Å². The molecule has 1 amide bonds. The van der Waals surface area contributed by atoms with E-state index in [1.807, 2.05) is 4.90 Å². The number of fused-ring (bicyclic) bond motifs is 1. The summed E-state index contributed by atoms with van der Waals surface area (Å²) in [5, 5.41) is 29.9. The molecule has 3 aromatic rings. The number of aliphatic hydroxyl groups is 1. The Balaban J connectivity index is 1.69. The average molecular weight is 470 g/mol. The molecule has 0 bridgehead atoms. The second kappa shape index (κ2) is 9.91. The molecule has 0 fully saturated rings. The molecule has 0 aliphatic rings. The fourth-order valence-corrected chi connectivity index (χ4v) is 3.10. The summed E-state index contributed by atoms with van der Waals surface area (Å²) in [5.74, 6) is -3.61. The number of benzene rings is 1. The summed E-state index contributed by atoms with van der Waals surface area (Å²) >= 11 is 0. The number of nitrogens with two attached hydrogens (primary N) is 2. The number of hydrogen-bond donors (Lipinski definition) is 6. The lowest BCUT2D eigenvalue weighted by molar-refractivity contribution is -0.145. The summed E-state index contributed by atoms with van der Waals surface area (Å²) in [7, 11) is 1.78. The van der Waals surface area contributed by atoms with Gasteiger partial charge in [-0.1, -0.05) is 0 Å². The van der Waals surface area contributed by atoms with E-state index in [2.05, 4.69) is 25.3 Å². The molecular weight excluding hydrogens is 448 g/mol. The SMILES string of the molecule is CN(Cc1cnc2nc(N)nc(N)c2n1)c1ccc(C(=O)N[C@H](C(=O)O)C(O)CC(=O)O)cc1. The zero-order valence-electron chi connectivity index (χ0n) is 17.9. The standard InChI is InChI=1S/C20H22N8O6/c1-28(8-10-7-23-17-15(24-10)16(21)26-20(22)27-17)11-4-2-9(3-5-11)18(32)25-14(19(33)34)12(29)6-13(30)31/h2-5,7,12,14,29H,6,8H2,1H3,(H,25,32)(H,30,31)(H,33,34)(H4,21,22,23,26,27)/t12?,14-/m0/s1. The molecule has 3 rings (SSSR count). The second-order valence-electron chi connectivity index (χ2n) is 7.36. The number of anilines is 3. The van der Waals surface area contributed by atoms with Crippen LogP contribution in [0.15, 0.2) is 30.5 Å². The highest BCUT2D eigenvalue weighted by Crippen LogP contribution is 2.19. The Kier molecular flexibility index (Phi) is 7.01. The van der Waals surface area contributed by atoms with Crippen molar-refractivity contribution in [3.05, 3.63) is 41.7 Å². The monoisotopic (exact) mass is 470 g/mol. The minimum absolute atomic E-state index is 0.000588. The summed E-state index contributed by atoms with van der Waals surface area (Å²) in [4.78, 5) is 52.7. The number of aromatic nitrogens is 4. The zero-order valence-corrected chi connectivity index (χ0v) is 17.9. The molecular formula is C20H22N8O6. The van der Waals surface area contributed by atoms with Crippen molar-refractivity contribution in [3.63, 3.8) is 0 Å². The lowest BCUT2D eigenvalue weighted by Crippen LogP contribution is -2.49. The smallest absolute Gasteiger partial charge is 0.328 e. The van der Waals surface area contributed by atoms with Crippen LogP contribution in [0, 0.1) is 0 Å². The van der Waals surface area contributed by atoms with Gasteiger partial charge in [-0.3, -0.25) is 9.59 Å². The van der Waals surface area contributed by atoms with Crippen LogP contribution in [0.3, 0.4) is 0 Å². The van der Waals surface area contributed by atoms with Crippen LogP contribution in [-0.4, -0.2) is 72.3 Å². The quantitative estimate of drug-likeness (QED) is 0.226. The number of rotatable bonds is 9. The van der Waals surface area contributed by atoms with Crippen molar-refractivity contribution in [2.75, 3.05) is 23.4 Å². The number of hydrogen-bond acceptors (Lipinski definition) is 11. The van der Waals surface area contributed by atoms with Crippen LogP contribution in [0.25, 0.3) is 11.2 Å². The maximum Gasteiger partial charge on any atom is 0.328 e. The van der Waals surface area contributed by atoms with Crippen molar-refractivity contribution in [1.82, 2.24) is 25.3 Å². The number of carbonyl (C=O) groups excluding carboxylic acids is 1. The Morgan fingerprint density at radius 3 is 2.38 bits per heavy atom. The van der Waals surface area contributed by atoms with Crippen LogP contribution in [0.4, 0.5) is 17.5 Å². The van der Waals surface area contributed by atoms with E-state index in [4.69, 9.17) is 16.6 Å². The van der Waals surface area contributed by atoms with Crippen LogP contribution in [0.5, 0.6) is 0 Å². The number of nitrogens with zero attached hydrogens (tertiary/aromatic N) is 5. The molecule has 2 heterocycles. The molecule has 14 heteroatoms. The predicted octanol–water partition coefficient (Wildman–Crippen LogP) is -0.761. The Bertz CT molecular complexity index is 1240. The van der Waals surface area contributed by atoms with E-state index < -0.39 is 36.4 Å². The van der Waals surface area contributed by atoms with Crippen LogP contribution in [0.2, 0.25) is 0 Å². The van der Waals surface area contributed by atoms with Crippen molar-refractivity contribution in [2.45, 2.75) is 25.1 Å². The number of nitrogens with one attached hydrogen (secondary N) is 1. The van der Waals surface area contributed by atoms with Gasteiger partial charge in [-0.2, -0.15) is 9.97 Å². The van der Waals surface area contributed by atoms with Crippen molar-refractivity contribution < 1.29 is 29.7 Å². The van der Waals surface area contributed by atoms with Crippen LogP contribution >= 0.6 is 0 Å². The van der Waals surface area contributed by atoms with Crippen molar-refractivity contribution >= 4 is 46.5 Å². The largest absolute Gasteiger partial charge is 0.481 e. The van der Waals surface area contributed by atoms with E-state index in [1.54, 1.807) is 19.2 Å². The maximum absolute atomic E-state index is 12.4. The third-order valence-electron chi connectivity index (χ3n) is 4.79. The van der Waals surface area contributed by atoms with Gasteiger partial charge in [-0.05, 0) is 24.3 Å². The van der Waals surface area contributed by atoms with Gasteiger partial charge < -0.3 is 37.0 Å². The van der Waals surface area contributed by atoms with Gasteiger partial charge in [0, 0.05) is 18.3 Å². The average Bonchev–Trinajstić information content (AvgIpc) is 2.77. The molecule has 0 saturated heterocycles. The molecule has 8 N–H and O–H groups in total. The number of carbonyl (C=O) groups is 3. The minimum atomic E-state index is -1.79. The number of nitrogen functional groups attached to an aromatic ring is 2. The molecule has 0 spiro atoms.